The minimum atomic E-state index is 0.300. The van der Waals surface area contributed by atoms with Crippen LogP contribution in [0.3, 0.4) is 0 Å². The van der Waals surface area contributed by atoms with Crippen LogP contribution in [0.15, 0.2) is 0 Å². The van der Waals surface area contributed by atoms with Crippen LogP contribution in [-0.4, -0.2) is 18.8 Å². The van der Waals surface area contributed by atoms with Gasteiger partial charge in [0.15, 0.2) is 0 Å². The number of hydrogen-bond acceptors (Lipinski definition) is 2. The predicted molar refractivity (Wildman–Crippen MR) is 55.6 cm³/mol. The first kappa shape index (κ1) is 11.0. The lowest BCUT2D eigenvalue weighted by molar-refractivity contribution is 0.0230. The monoisotopic (exact) mass is 185 g/mol. The summed E-state index contributed by atoms with van der Waals surface area (Å²) in [6.45, 7) is 5.36. The van der Waals surface area contributed by atoms with E-state index in [2.05, 4.69) is 13.8 Å². The average molecular weight is 185 g/mol. The van der Waals surface area contributed by atoms with E-state index >= 15 is 0 Å². The molecule has 1 aliphatic carbocycles. The van der Waals surface area contributed by atoms with Crippen LogP contribution >= 0.6 is 0 Å². The summed E-state index contributed by atoms with van der Waals surface area (Å²) in [5.74, 6) is 0.729. The highest BCUT2D eigenvalue weighted by Gasteiger charge is 2.24. The second-order valence-corrected chi connectivity index (χ2v) is 4.15. The molecule has 0 amide bonds. The van der Waals surface area contributed by atoms with E-state index in [1.165, 1.54) is 25.7 Å². The van der Waals surface area contributed by atoms with Crippen molar-refractivity contribution in [3.05, 3.63) is 0 Å². The molecular formula is C11H23NO. The summed E-state index contributed by atoms with van der Waals surface area (Å²) in [4.78, 5) is 0. The van der Waals surface area contributed by atoms with Gasteiger partial charge in [-0.05, 0) is 25.2 Å². The molecule has 0 heterocycles. The van der Waals surface area contributed by atoms with Crippen molar-refractivity contribution in [1.29, 1.82) is 0 Å². The Morgan fingerprint density at radius 1 is 1.31 bits per heavy atom. The van der Waals surface area contributed by atoms with Crippen LogP contribution < -0.4 is 5.73 Å². The van der Waals surface area contributed by atoms with E-state index in [1.54, 1.807) is 0 Å². The van der Waals surface area contributed by atoms with Crippen LogP contribution in [-0.2, 0) is 4.74 Å². The Bertz CT molecular complexity index is 134. The quantitative estimate of drug-likeness (QED) is 0.713. The maximum atomic E-state index is 5.92. The molecule has 1 fully saturated rings. The van der Waals surface area contributed by atoms with Crippen LogP contribution in [0.2, 0.25) is 0 Å². The van der Waals surface area contributed by atoms with Gasteiger partial charge in [0.2, 0.25) is 0 Å². The third-order valence-electron chi connectivity index (χ3n) is 3.20. The van der Waals surface area contributed by atoms with Crippen LogP contribution in [0, 0.1) is 5.92 Å². The van der Waals surface area contributed by atoms with Gasteiger partial charge >= 0.3 is 0 Å². The fraction of sp³-hybridized carbons (Fsp3) is 1.00. The molecular weight excluding hydrogens is 162 g/mol. The van der Waals surface area contributed by atoms with Gasteiger partial charge in [-0.2, -0.15) is 0 Å². The summed E-state index contributed by atoms with van der Waals surface area (Å²) < 4.78 is 5.83. The lowest BCUT2D eigenvalue weighted by Gasteiger charge is -2.20. The number of nitrogens with two attached hydrogens (primary N) is 1. The van der Waals surface area contributed by atoms with Gasteiger partial charge in [-0.1, -0.05) is 26.7 Å². The lowest BCUT2D eigenvalue weighted by Crippen LogP contribution is -2.32. The summed E-state index contributed by atoms with van der Waals surface area (Å²) in [6, 6.07) is 0.300. The van der Waals surface area contributed by atoms with E-state index in [4.69, 9.17) is 10.5 Å². The molecule has 2 heteroatoms. The smallest absolute Gasteiger partial charge is 0.0726 e. The van der Waals surface area contributed by atoms with Gasteiger partial charge in [0.1, 0.15) is 0 Å². The molecule has 0 bridgehead atoms. The molecule has 0 aromatic heterocycles. The van der Waals surface area contributed by atoms with Gasteiger partial charge < -0.3 is 10.5 Å². The molecule has 78 valence electrons. The molecule has 1 aliphatic rings. The van der Waals surface area contributed by atoms with Gasteiger partial charge in [-0.15, -0.1) is 0 Å². The zero-order valence-electron chi connectivity index (χ0n) is 8.96. The van der Waals surface area contributed by atoms with Crippen LogP contribution in [0.25, 0.3) is 0 Å². The van der Waals surface area contributed by atoms with Crippen molar-refractivity contribution < 1.29 is 4.74 Å². The van der Waals surface area contributed by atoms with Gasteiger partial charge in [-0.3, -0.25) is 0 Å². The predicted octanol–water partition coefficient (Wildman–Crippen LogP) is 2.32. The van der Waals surface area contributed by atoms with E-state index < -0.39 is 0 Å². The molecule has 2 N–H and O–H groups in total. The fourth-order valence-electron chi connectivity index (χ4n) is 1.95. The number of hydrogen-bond donors (Lipinski definition) is 1. The van der Waals surface area contributed by atoms with Gasteiger partial charge in [-0.25, -0.2) is 0 Å². The third-order valence-corrected chi connectivity index (χ3v) is 3.20. The van der Waals surface area contributed by atoms with E-state index in [1.807, 2.05) is 0 Å². The number of ether oxygens (including phenoxy) is 1. The van der Waals surface area contributed by atoms with Crippen molar-refractivity contribution in [2.24, 2.45) is 11.7 Å². The summed E-state index contributed by atoms with van der Waals surface area (Å²) in [5.41, 5.74) is 5.92. The Hall–Kier alpha value is -0.0800. The van der Waals surface area contributed by atoms with Crippen LogP contribution in [0.1, 0.15) is 46.0 Å². The molecule has 0 saturated heterocycles. The van der Waals surface area contributed by atoms with Crippen molar-refractivity contribution in [3.8, 4) is 0 Å². The Morgan fingerprint density at radius 2 is 2.00 bits per heavy atom. The zero-order valence-corrected chi connectivity index (χ0v) is 8.96. The summed E-state index contributed by atoms with van der Waals surface area (Å²) in [7, 11) is 0. The largest absolute Gasteiger partial charge is 0.376 e. The number of rotatable bonds is 5. The Morgan fingerprint density at radius 3 is 2.46 bits per heavy atom. The molecule has 0 aromatic carbocycles. The van der Waals surface area contributed by atoms with E-state index in [0.717, 1.165) is 18.9 Å². The van der Waals surface area contributed by atoms with Crippen molar-refractivity contribution in [2.75, 3.05) is 6.61 Å². The molecule has 0 aliphatic heterocycles. The van der Waals surface area contributed by atoms with Gasteiger partial charge in [0.05, 0.1) is 6.10 Å². The summed E-state index contributed by atoms with van der Waals surface area (Å²) >= 11 is 0. The normalized spacial score (nSPS) is 28.6. The minimum Gasteiger partial charge on any atom is -0.376 e. The molecule has 1 rings (SSSR count). The van der Waals surface area contributed by atoms with E-state index in [-0.39, 0.29) is 0 Å². The highest BCUT2D eigenvalue weighted by atomic mass is 16.5. The first-order valence-corrected chi connectivity index (χ1v) is 5.65. The highest BCUT2D eigenvalue weighted by molar-refractivity contribution is 4.81. The van der Waals surface area contributed by atoms with Crippen molar-refractivity contribution in [2.45, 2.75) is 58.1 Å². The molecule has 2 atom stereocenters. The highest BCUT2D eigenvalue weighted by Crippen LogP contribution is 2.21. The maximum Gasteiger partial charge on any atom is 0.0726 e. The molecule has 1 saturated carbocycles. The summed E-state index contributed by atoms with van der Waals surface area (Å²) in [5, 5.41) is 0. The minimum absolute atomic E-state index is 0.300. The molecule has 0 aromatic rings. The van der Waals surface area contributed by atoms with E-state index in [9.17, 15) is 0 Å². The molecule has 13 heavy (non-hydrogen) atoms. The van der Waals surface area contributed by atoms with Gasteiger partial charge in [0.25, 0.3) is 0 Å². The fourth-order valence-corrected chi connectivity index (χ4v) is 1.95. The Kier molecular flexibility index (Phi) is 4.74. The van der Waals surface area contributed by atoms with Crippen molar-refractivity contribution in [3.63, 3.8) is 0 Å². The van der Waals surface area contributed by atoms with Crippen LogP contribution in [0.5, 0.6) is 0 Å². The Balaban J connectivity index is 2.17. The second kappa shape index (κ2) is 5.61. The zero-order chi connectivity index (χ0) is 9.68. The van der Waals surface area contributed by atoms with Crippen LogP contribution in [0.4, 0.5) is 0 Å². The third kappa shape index (κ3) is 3.28. The van der Waals surface area contributed by atoms with Crippen molar-refractivity contribution in [1.82, 2.24) is 0 Å². The molecule has 2 nitrogen and oxygen atoms in total. The Labute approximate surface area is 81.8 Å². The molecule has 2 unspecified atom stereocenters. The first-order valence-electron chi connectivity index (χ1n) is 5.65. The molecule has 0 radical (unpaired) electrons. The summed E-state index contributed by atoms with van der Waals surface area (Å²) in [6.07, 6.45) is 6.35. The van der Waals surface area contributed by atoms with E-state index in [0.29, 0.717) is 12.1 Å². The SMILES string of the molecule is CCC(CC)COC1CCCC1N. The van der Waals surface area contributed by atoms with Gasteiger partial charge in [0, 0.05) is 12.6 Å². The maximum absolute atomic E-state index is 5.92. The standard InChI is InChI=1S/C11H23NO/c1-3-9(4-2)8-13-11-7-5-6-10(11)12/h9-11H,3-8,12H2,1-2H3. The molecule has 0 spiro atoms. The van der Waals surface area contributed by atoms with Crippen molar-refractivity contribution >= 4 is 0 Å². The second-order valence-electron chi connectivity index (χ2n) is 4.15. The topological polar surface area (TPSA) is 35.2 Å². The first-order chi connectivity index (χ1) is 6.27. The lowest BCUT2D eigenvalue weighted by atomic mass is 10.1. The average Bonchev–Trinajstić information content (AvgIpc) is 2.54.